The van der Waals surface area contributed by atoms with Crippen molar-refractivity contribution in [2.45, 2.75) is 51.5 Å². The van der Waals surface area contributed by atoms with Crippen molar-refractivity contribution in [2.24, 2.45) is 17.6 Å². The van der Waals surface area contributed by atoms with Crippen LogP contribution in [-0.2, 0) is 6.42 Å². The highest BCUT2D eigenvalue weighted by molar-refractivity contribution is 5.10. The Morgan fingerprint density at radius 2 is 2.12 bits per heavy atom. The molecule has 2 heteroatoms. The van der Waals surface area contributed by atoms with Crippen molar-refractivity contribution in [1.82, 2.24) is 4.98 Å². The molecule has 2 N–H and O–H groups in total. The van der Waals surface area contributed by atoms with E-state index in [2.05, 4.69) is 18.0 Å². The highest BCUT2D eigenvalue weighted by atomic mass is 14.7. The molecule has 2 nitrogen and oxygen atoms in total. The van der Waals surface area contributed by atoms with Crippen LogP contribution in [0.25, 0.3) is 0 Å². The van der Waals surface area contributed by atoms with Gasteiger partial charge in [-0.25, -0.2) is 0 Å². The zero-order valence-corrected chi connectivity index (χ0v) is 10.8. The van der Waals surface area contributed by atoms with E-state index in [-0.39, 0.29) is 0 Å². The molecule has 0 saturated heterocycles. The van der Waals surface area contributed by atoms with Crippen LogP contribution in [-0.4, -0.2) is 11.0 Å². The van der Waals surface area contributed by atoms with E-state index in [0.717, 1.165) is 18.3 Å². The largest absolute Gasteiger partial charge is 0.327 e. The summed E-state index contributed by atoms with van der Waals surface area (Å²) in [6.07, 6.45) is 11.5. The van der Waals surface area contributed by atoms with Crippen LogP contribution >= 0.6 is 0 Å². The van der Waals surface area contributed by atoms with Gasteiger partial charge in [-0.1, -0.05) is 32.3 Å². The van der Waals surface area contributed by atoms with Crippen LogP contribution in [0, 0.1) is 11.8 Å². The molecule has 1 aliphatic rings. The first-order valence-electron chi connectivity index (χ1n) is 6.94. The van der Waals surface area contributed by atoms with Gasteiger partial charge in [0.1, 0.15) is 0 Å². The van der Waals surface area contributed by atoms with Crippen LogP contribution in [0.2, 0.25) is 0 Å². The Bertz CT molecular complexity index is 315. The van der Waals surface area contributed by atoms with E-state index in [1.54, 1.807) is 0 Å². The second kappa shape index (κ2) is 6.15. The van der Waals surface area contributed by atoms with Crippen molar-refractivity contribution < 1.29 is 0 Å². The molecular weight excluding hydrogens is 208 g/mol. The number of aromatic nitrogens is 1. The van der Waals surface area contributed by atoms with Crippen LogP contribution in [0.1, 0.15) is 44.6 Å². The molecule has 1 unspecified atom stereocenters. The maximum absolute atomic E-state index is 6.34. The molecule has 1 atom stereocenters. The number of hydrogen-bond acceptors (Lipinski definition) is 2. The smallest absolute Gasteiger partial charge is 0.0300 e. The zero-order valence-electron chi connectivity index (χ0n) is 10.8. The van der Waals surface area contributed by atoms with Crippen molar-refractivity contribution in [2.75, 3.05) is 0 Å². The lowest BCUT2D eigenvalue weighted by Gasteiger charge is -2.31. The predicted molar refractivity (Wildman–Crippen MR) is 71.7 cm³/mol. The molecule has 0 amide bonds. The lowest BCUT2D eigenvalue weighted by atomic mass is 9.76. The summed E-state index contributed by atoms with van der Waals surface area (Å²) in [6.45, 7) is 2.31. The molecule has 0 spiro atoms. The second-order valence-corrected chi connectivity index (χ2v) is 5.42. The van der Waals surface area contributed by atoms with Gasteiger partial charge in [-0.2, -0.15) is 0 Å². The fourth-order valence-electron chi connectivity index (χ4n) is 2.98. The molecule has 0 aliphatic heterocycles. The number of hydrogen-bond donors (Lipinski definition) is 1. The summed E-state index contributed by atoms with van der Waals surface area (Å²) < 4.78 is 0. The monoisotopic (exact) mass is 232 g/mol. The SMILES string of the molecule is CCC1CCC(C(N)Cc2cccnc2)CC1. The van der Waals surface area contributed by atoms with Gasteiger partial charge in [0.05, 0.1) is 0 Å². The van der Waals surface area contributed by atoms with Crippen LogP contribution in [0.4, 0.5) is 0 Å². The van der Waals surface area contributed by atoms with E-state index in [1.165, 1.54) is 37.7 Å². The van der Waals surface area contributed by atoms with Gasteiger partial charge in [0, 0.05) is 18.4 Å². The van der Waals surface area contributed by atoms with Crippen molar-refractivity contribution in [1.29, 1.82) is 0 Å². The third kappa shape index (κ3) is 3.53. The summed E-state index contributed by atoms with van der Waals surface area (Å²) in [7, 11) is 0. The maximum Gasteiger partial charge on any atom is 0.0300 e. The highest BCUT2D eigenvalue weighted by Crippen LogP contribution is 2.32. The van der Waals surface area contributed by atoms with Gasteiger partial charge in [0.15, 0.2) is 0 Å². The molecule has 1 aliphatic carbocycles. The molecular formula is C15H24N2. The first-order chi connectivity index (χ1) is 8.29. The average Bonchev–Trinajstić information content (AvgIpc) is 2.40. The summed E-state index contributed by atoms with van der Waals surface area (Å²) in [6, 6.07) is 4.44. The molecule has 0 aromatic carbocycles. The fourth-order valence-corrected chi connectivity index (χ4v) is 2.98. The van der Waals surface area contributed by atoms with Crippen molar-refractivity contribution in [3.05, 3.63) is 30.1 Å². The van der Waals surface area contributed by atoms with E-state index in [1.807, 2.05) is 18.5 Å². The van der Waals surface area contributed by atoms with Gasteiger partial charge in [0.2, 0.25) is 0 Å². The predicted octanol–water partition coefficient (Wildman–Crippen LogP) is 3.17. The molecule has 1 saturated carbocycles. The van der Waals surface area contributed by atoms with E-state index in [9.17, 15) is 0 Å². The Labute approximate surface area is 105 Å². The van der Waals surface area contributed by atoms with Gasteiger partial charge >= 0.3 is 0 Å². The molecule has 94 valence electrons. The van der Waals surface area contributed by atoms with Gasteiger partial charge in [-0.15, -0.1) is 0 Å². The molecule has 0 bridgehead atoms. The Balaban J connectivity index is 1.83. The lowest BCUT2D eigenvalue weighted by molar-refractivity contribution is 0.238. The third-order valence-corrected chi connectivity index (χ3v) is 4.27. The molecule has 1 aromatic heterocycles. The second-order valence-electron chi connectivity index (χ2n) is 5.42. The Kier molecular flexibility index (Phi) is 4.55. The summed E-state index contributed by atoms with van der Waals surface area (Å²) in [5.41, 5.74) is 7.62. The van der Waals surface area contributed by atoms with Gasteiger partial charge in [-0.3, -0.25) is 4.98 Å². The van der Waals surface area contributed by atoms with Crippen LogP contribution in [0.5, 0.6) is 0 Å². The van der Waals surface area contributed by atoms with Crippen LogP contribution in [0.3, 0.4) is 0 Å². The molecule has 17 heavy (non-hydrogen) atoms. The molecule has 1 fully saturated rings. The first-order valence-corrected chi connectivity index (χ1v) is 6.94. The first kappa shape index (κ1) is 12.6. The Morgan fingerprint density at radius 1 is 1.35 bits per heavy atom. The summed E-state index contributed by atoms with van der Waals surface area (Å²) in [4.78, 5) is 4.15. The molecule has 1 heterocycles. The van der Waals surface area contributed by atoms with Gasteiger partial charge in [0.25, 0.3) is 0 Å². The highest BCUT2D eigenvalue weighted by Gasteiger charge is 2.24. The van der Waals surface area contributed by atoms with E-state index < -0.39 is 0 Å². The number of pyridine rings is 1. The zero-order chi connectivity index (χ0) is 12.1. The molecule has 0 radical (unpaired) electrons. The number of rotatable bonds is 4. The topological polar surface area (TPSA) is 38.9 Å². The minimum absolute atomic E-state index is 0.317. The van der Waals surface area contributed by atoms with Gasteiger partial charge < -0.3 is 5.73 Å². The number of nitrogens with two attached hydrogens (primary N) is 1. The summed E-state index contributed by atoms with van der Waals surface area (Å²) in [5, 5.41) is 0. The maximum atomic E-state index is 6.34. The lowest BCUT2D eigenvalue weighted by Crippen LogP contribution is -2.34. The molecule has 2 rings (SSSR count). The standard InChI is InChI=1S/C15H24N2/c1-2-12-5-7-14(8-6-12)15(16)10-13-4-3-9-17-11-13/h3-4,9,11-12,14-15H,2,5-8,10,16H2,1H3. The molecule has 1 aromatic rings. The average molecular weight is 232 g/mol. The third-order valence-electron chi connectivity index (χ3n) is 4.27. The van der Waals surface area contributed by atoms with E-state index >= 15 is 0 Å². The minimum Gasteiger partial charge on any atom is -0.327 e. The van der Waals surface area contributed by atoms with Crippen molar-refractivity contribution >= 4 is 0 Å². The Morgan fingerprint density at radius 3 is 2.71 bits per heavy atom. The summed E-state index contributed by atoms with van der Waals surface area (Å²) >= 11 is 0. The fraction of sp³-hybridized carbons (Fsp3) is 0.667. The van der Waals surface area contributed by atoms with Crippen LogP contribution in [0.15, 0.2) is 24.5 Å². The normalized spacial score (nSPS) is 26.7. The Hall–Kier alpha value is -0.890. The summed E-state index contributed by atoms with van der Waals surface area (Å²) in [5.74, 6) is 1.68. The van der Waals surface area contributed by atoms with E-state index in [4.69, 9.17) is 5.73 Å². The van der Waals surface area contributed by atoms with Gasteiger partial charge in [-0.05, 0) is 42.7 Å². The van der Waals surface area contributed by atoms with Crippen molar-refractivity contribution in [3.63, 3.8) is 0 Å². The quantitative estimate of drug-likeness (QED) is 0.866. The minimum atomic E-state index is 0.317. The van der Waals surface area contributed by atoms with Crippen LogP contribution < -0.4 is 5.73 Å². The van der Waals surface area contributed by atoms with Crippen molar-refractivity contribution in [3.8, 4) is 0 Å². The number of nitrogens with zero attached hydrogens (tertiary/aromatic N) is 1. The van der Waals surface area contributed by atoms with E-state index in [0.29, 0.717) is 6.04 Å².